The Morgan fingerprint density at radius 1 is 1.30 bits per heavy atom. The first-order valence-corrected chi connectivity index (χ1v) is 7.64. The van der Waals surface area contributed by atoms with Crippen LogP contribution in [0.3, 0.4) is 0 Å². The molecular formula is C15H21Cl2N3. The third kappa shape index (κ3) is 3.11. The summed E-state index contributed by atoms with van der Waals surface area (Å²) < 4.78 is 2.26. The maximum Gasteiger partial charge on any atom is 0.111 e. The van der Waals surface area contributed by atoms with Crippen LogP contribution in [0.2, 0.25) is 5.02 Å². The van der Waals surface area contributed by atoms with E-state index in [0.717, 1.165) is 29.8 Å². The van der Waals surface area contributed by atoms with Gasteiger partial charge in [-0.05, 0) is 46.1 Å². The monoisotopic (exact) mass is 313 g/mol. The molecule has 0 aliphatic heterocycles. The van der Waals surface area contributed by atoms with Crippen LogP contribution in [0, 0.1) is 0 Å². The summed E-state index contributed by atoms with van der Waals surface area (Å²) in [4.78, 5) is 6.90. The molecule has 1 aromatic heterocycles. The lowest BCUT2D eigenvalue weighted by atomic mass is 10.0. The minimum atomic E-state index is 0.0360. The summed E-state index contributed by atoms with van der Waals surface area (Å²) in [6.07, 6.45) is 0.761. The van der Waals surface area contributed by atoms with Crippen LogP contribution in [0.4, 0.5) is 0 Å². The van der Waals surface area contributed by atoms with Crippen molar-refractivity contribution >= 4 is 34.2 Å². The summed E-state index contributed by atoms with van der Waals surface area (Å²) in [6.45, 7) is 5.31. The molecule has 0 spiro atoms. The number of aromatic nitrogens is 2. The average molecular weight is 314 g/mol. The molecule has 0 N–H and O–H groups in total. The van der Waals surface area contributed by atoms with Crippen LogP contribution < -0.4 is 0 Å². The summed E-state index contributed by atoms with van der Waals surface area (Å²) in [5.74, 6) is 1.59. The van der Waals surface area contributed by atoms with Crippen molar-refractivity contribution in [2.24, 2.45) is 0 Å². The normalized spacial score (nSPS) is 12.6. The molecule has 0 saturated carbocycles. The lowest BCUT2D eigenvalue weighted by molar-refractivity contribution is 0.170. The molecule has 0 unspecified atom stereocenters. The first kappa shape index (κ1) is 15.6. The van der Waals surface area contributed by atoms with Crippen LogP contribution in [0.1, 0.15) is 19.7 Å². The van der Waals surface area contributed by atoms with Gasteiger partial charge in [0.2, 0.25) is 0 Å². The number of likely N-dealkylation sites (N-methyl/N-ethyl adjacent to an activating group) is 1. The van der Waals surface area contributed by atoms with E-state index in [1.165, 1.54) is 0 Å². The van der Waals surface area contributed by atoms with Gasteiger partial charge in [0.05, 0.1) is 11.0 Å². The number of rotatable bonds is 5. The van der Waals surface area contributed by atoms with Gasteiger partial charge in [-0.1, -0.05) is 11.6 Å². The molecule has 0 amide bonds. The minimum Gasteiger partial charge on any atom is -0.326 e. The van der Waals surface area contributed by atoms with Gasteiger partial charge in [0, 0.05) is 29.4 Å². The van der Waals surface area contributed by atoms with Gasteiger partial charge in [-0.25, -0.2) is 4.98 Å². The number of benzene rings is 1. The van der Waals surface area contributed by atoms with Crippen molar-refractivity contribution < 1.29 is 0 Å². The lowest BCUT2D eigenvalue weighted by Gasteiger charge is -2.33. The summed E-state index contributed by atoms with van der Waals surface area (Å²) in [6, 6.07) is 5.86. The second kappa shape index (κ2) is 5.92. The molecule has 3 nitrogen and oxygen atoms in total. The number of nitrogens with zero attached hydrogens (tertiary/aromatic N) is 3. The van der Waals surface area contributed by atoms with E-state index in [-0.39, 0.29) is 5.54 Å². The van der Waals surface area contributed by atoms with E-state index >= 15 is 0 Å². The summed E-state index contributed by atoms with van der Waals surface area (Å²) in [5.41, 5.74) is 2.09. The molecular weight excluding hydrogens is 293 g/mol. The number of hydrogen-bond donors (Lipinski definition) is 0. The quantitative estimate of drug-likeness (QED) is 0.783. The van der Waals surface area contributed by atoms with Crippen molar-refractivity contribution in [1.82, 2.24) is 14.5 Å². The van der Waals surface area contributed by atoms with E-state index in [9.17, 15) is 0 Å². The van der Waals surface area contributed by atoms with Crippen molar-refractivity contribution in [3.8, 4) is 0 Å². The Morgan fingerprint density at radius 2 is 2.00 bits per heavy atom. The van der Waals surface area contributed by atoms with Gasteiger partial charge in [-0.15, -0.1) is 11.6 Å². The molecule has 0 bridgehead atoms. The Morgan fingerprint density at radius 3 is 2.60 bits per heavy atom. The highest BCUT2D eigenvalue weighted by Gasteiger charge is 2.23. The number of alkyl halides is 1. The fourth-order valence-corrected chi connectivity index (χ4v) is 2.47. The number of aryl methyl sites for hydroxylation is 1. The van der Waals surface area contributed by atoms with Crippen LogP contribution in [0.25, 0.3) is 11.0 Å². The molecule has 0 radical (unpaired) electrons. The Labute approximate surface area is 130 Å². The van der Waals surface area contributed by atoms with Crippen molar-refractivity contribution in [2.75, 3.05) is 20.0 Å². The van der Waals surface area contributed by atoms with Crippen molar-refractivity contribution in [3.63, 3.8) is 0 Å². The molecule has 2 rings (SSSR count). The molecule has 20 heavy (non-hydrogen) atoms. The Hall–Kier alpha value is -0.770. The van der Waals surface area contributed by atoms with Crippen LogP contribution in [-0.2, 0) is 13.0 Å². The van der Waals surface area contributed by atoms with Gasteiger partial charge in [-0.2, -0.15) is 0 Å². The van der Waals surface area contributed by atoms with Crippen LogP contribution in [0.15, 0.2) is 18.2 Å². The SMILES string of the molecule is CN(C)C(C)(C)Cn1c(CCCl)nc2cc(Cl)ccc21. The first-order chi connectivity index (χ1) is 9.35. The number of hydrogen-bond acceptors (Lipinski definition) is 2. The zero-order chi connectivity index (χ0) is 14.9. The molecule has 110 valence electrons. The van der Waals surface area contributed by atoms with Gasteiger partial charge >= 0.3 is 0 Å². The third-order valence-electron chi connectivity index (χ3n) is 3.86. The largest absolute Gasteiger partial charge is 0.326 e. The second-order valence-electron chi connectivity index (χ2n) is 5.89. The highest BCUT2D eigenvalue weighted by atomic mass is 35.5. The van der Waals surface area contributed by atoms with Gasteiger partial charge in [0.25, 0.3) is 0 Å². The van der Waals surface area contributed by atoms with Crippen LogP contribution in [0.5, 0.6) is 0 Å². The van der Waals surface area contributed by atoms with E-state index < -0.39 is 0 Å². The molecule has 0 aliphatic rings. The van der Waals surface area contributed by atoms with Gasteiger partial charge in [-0.3, -0.25) is 0 Å². The standard InChI is InChI=1S/C15H21Cl2N3/c1-15(2,19(3)4)10-20-13-6-5-11(17)9-12(13)18-14(20)7-8-16/h5-6,9H,7-8,10H2,1-4H3. The van der Waals surface area contributed by atoms with Crippen molar-refractivity contribution in [2.45, 2.75) is 32.4 Å². The Balaban J connectivity index is 2.51. The van der Waals surface area contributed by atoms with Crippen LogP contribution in [-0.4, -0.2) is 40.0 Å². The Kier molecular flexibility index (Phi) is 4.62. The first-order valence-electron chi connectivity index (χ1n) is 6.73. The maximum atomic E-state index is 6.06. The van der Waals surface area contributed by atoms with E-state index in [1.54, 1.807) is 0 Å². The molecule has 1 heterocycles. The predicted octanol–water partition coefficient (Wildman–Crippen LogP) is 3.81. The highest BCUT2D eigenvalue weighted by molar-refractivity contribution is 6.31. The number of imidazole rings is 1. The van der Waals surface area contributed by atoms with Crippen LogP contribution >= 0.6 is 23.2 Å². The third-order valence-corrected chi connectivity index (χ3v) is 4.29. The molecule has 2 aromatic rings. The number of fused-ring (bicyclic) bond motifs is 1. The van der Waals surface area contributed by atoms with E-state index in [4.69, 9.17) is 23.2 Å². The molecule has 1 aromatic carbocycles. The zero-order valence-electron chi connectivity index (χ0n) is 12.5. The topological polar surface area (TPSA) is 21.1 Å². The summed E-state index contributed by atoms with van der Waals surface area (Å²) in [7, 11) is 4.19. The van der Waals surface area contributed by atoms with Gasteiger partial charge in [0.15, 0.2) is 0 Å². The average Bonchev–Trinajstić information content (AvgIpc) is 2.66. The van der Waals surface area contributed by atoms with E-state index in [1.807, 2.05) is 18.2 Å². The highest BCUT2D eigenvalue weighted by Crippen LogP contribution is 2.24. The molecule has 0 aliphatic carbocycles. The Bertz CT molecular complexity index is 602. The summed E-state index contributed by atoms with van der Waals surface area (Å²) >= 11 is 12.0. The number of halogens is 2. The second-order valence-corrected chi connectivity index (χ2v) is 6.71. The molecule has 0 fully saturated rings. The minimum absolute atomic E-state index is 0.0360. The summed E-state index contributed by atoms with van der Waals surface area (Å²) in [5, 5.41) is 0.714. The van der Waals surface area contributed by atoms with Gasteiger partial charge in [0.1, 0.15) is 5.82 Å². The fraction of sp³-hybridized carbons (Fsp3) is 0.533. The van der Waals surface area contributed by atoms with Crippen molar-refractivity contribution in [1.29, 1.82) is 0 Å². The van der Waals surface area contributed by atoms with E-state index in [0.29, 0.717) is 10.9 Å². The zero-order valence-corrected chi connectivity index (χ0v) is 14.0. The lowest BCUT2D eigenvalue weighted by Crippen LogP contribution is -2.42. The van der Waals surface area contributed by atoms with Crippen molar-refractivity contribution in [3.05, 3.63) is 29.0 Å². The van der Waals surface area contributed by atoms with E-state index in [2.05, 4.69) is 42.4 Å². The predicted molar refractivity (Wildman–Crippen MR) is 86.9 cm³/mol. The molecule has 0 atom stereocenters. The van der Waals surface area contributed by atoms with Gasteiger partial charge < -0.3 is 9.47 Å². The maximum absolute atomic E-state index is 6.06. The molecule has 0 saturated heterocycles. The molecule has 5 heteroatoms. The smallest absolute Gasteiger partial charge is 0.111 e. The fourth-order valence-electron chi connectivity index (χ4n) is 2.13.